The molecule has 2 amide bonds. The lowest BCUT2D eigenvalue weighted by Crippen LogP contribution is -2.44. The number of hydrogen-bond acceptors (Lipinski definition) is 4. The van der Waals surface area contributed by atoms with Gasteiger partial charge < -0.3 is 10.2 Å². The number of benzene rings is 2. The molecule has 1 N–H and O–H groups in total. The molecule has 2 heterocycles. The second kappa shape index (κ2) is 10.3. The summed E-state index contributed by atoms with van der Waals surface area (Å²) in [6.07, 6.45) is 6.45. The molecule has 192 valence electrons. The quantitative estimate of drug-likeness (QED) is 0.563. The van der Waals surface area contributed by atoms with Crippen LogP contribution in [0.5, 0.6) is 0 Å². The van der Waals surface area contributed by atoms with Gasteiger partial charge in [-0.3, -0.25) is 9.59 Å². The van der Waals surface area contributed by atoms with Gasteiger partial charge in [-0.15, -0.1) is 0 Å². The van der Waals surface area contributed by atoms with Crippen LogP contribution in [0.25, 0.3) is 0 Å². The minimum atomic E-state index is -3.91. The fraction of sp³-hybridized carbons (Fsp3) is 0.481. The summed E-state index contributed by atoms with van der Waals surface area (Å²) in [6, 6.07) is 9.54. The molecule has 2 aliphatic heterocycles. The van der Waals surface area contributed by atoms with Gasteiger partial charge in [-0.25, -0.2) is 8.42 Å². The average molecular weight is 575 g/mol. The van der Waals surface area contributed by atoms with Crippen molar-refractivity contribution in [3.05, 3.63) is 51.5 Å². The van der Waals surface area contributed by atoms with Crippen LogP contribution in [-0.2, 0) is 38.9 Å². The van der Waals surface area contributed by atoms with E-state index in [-0.39, 0.29) is 23.3 Å². The lowest BCUT2D eigenvalue weighted by atomic mass is 9.90. The van der Waals surface area contributed by atoms with Crippen LogP contribution in [0.2, 0.25) is 0 Å². The Labute approximate surface area is 221 Å². The number of nitrogens with one attached hydrogen (secondary N) is 1. The third-order valence-corrected chi connectivity index (χ3v) is 9.96. The topological polar surface area (TPSA) is 86.8 Å². The third-order valence-electron chi connectivity index (χ3n) is 7.62. The van der Waals surface area contributed by atoms with E-state index in [9.17, 15) is 18.0 Å². The first kappa shape index (κ1) is 25.4. The molecule has 3 aliphatic rings. The fourth-order valence-electron chi connectivity index (χ4n) is 5.75. The van der Waals surface area contributed by atoms with Crippen LogP contribution < -0.4 is 10.2 Å². The van der Waals surface area contributed by atoms with Gasteiger partial charge in [-0.1, -0.05) is 35.0 Å². The van der Waals surface area contributed by atoms with Crippen LogP contribution in [0.4, 0.5) is 11.4 Å². The number of carbonyl (C=O) groups excluding carboxylic acids is 2. The molecule has 0 radical (unpaired) electrons. The van der Waals surface area contributed by atoms with E-state index in [1.54, 1.807) is 17.9 Å². The standard InChI is InChI=1S/C27H32BrN3O4S/c1-2-25(32)31-14-12-19-15-21(28)16-24(26(19)31)36(34,35)30-13-6-9-20(17-30)27(33)29-23-11-5-8-18-7-3-4-10-22(18)23/h5,8,11,15-16,20H,2-4,6-7,9-10,12-14,17H2,1H3,(H,29,33). The zero-order valence-electron chi connectivity index (χ0n) is 20.6. The number of nitrogens with zero attached hydrogens (tertiary/aromatic N) is 2. The van der Waals surface area contributed by atoms with Gasteiger partial charge in [-0.05, 0) is 79.8 Å². The van der Waals surface area contributed by atoms with Gasteiger partial charge in [0.25, 0.3) is 0 Å². The van der Waals surface area contributed by atoms with Crippen molar-refractivity contribution in [1.82, 2.24) is 4.31 Å². The lowest BCUT2D eigenvalue weighted by molar-refractivity contribution is -0.121. The van der Waals surface area contributed by atoms with Crippen LogP contribution in [0.15, 0.2) is 39.7 Å². The summed E-state index contributed by atoms with van der Waals surface area (Å²) in [5.74, 6) is -0.646. The number of anilines is 2. The van der Waals surface area contributed by atoms with E-state index in [1.807, 2.05) is 18.2 Å². The number of fused-ring (bicyclic) bond motifs is 2. The van der Waals surface area contributed by atoms with Crippen LogP contribution in [-0.4, -0.2) is 44.2 Å². The molecule has 1 aliphatic carbocycles. The van der Waals surface area contributed by atoms with Crippen LogP contribution in [0.3, 0.4) is 0 Å². The van der Waals surface area contributed by atoms with E-state index in [1.165, 1.54) is 21.9 Å². The molecule has 1 saturated heterocycles. The highest BCUT2D eigenvalue weighted by Gasteiger charge is 2.38. The van der Waals surface area contributed by atoms with Crippen molar-refractivity contribution in [2.75, 3.05) is 29.9 Å². The molecule has 1 atom stereocenters. The average Bonchev–Trinajstić information content (AvgIpc) is 3.31. The molecule has 1 fully saturated rings. The van der Waals surface area contributed by atoms with Crippen LogP contribution in [0.1, 0.15) is 55.7 Å². The van der Waals surface area contributed by atoms with Gasteiger partial charge in [0.1, 0.15) is 4.90 Å². The Morgan fingerprint density at radius 1 is 1.06 bits per heavy atom. The largest absolute Gasteiger partial charge is 0.326 e. The first-order chi connectivity index (χ1) is 17.3. The second-order valence-electron chi connectivity index (χ2n) is 9.90. The normalized spacial score (nSPS) is 20.1. The minimum absolute atomic E-state index is 0.0883. The van der Waals surface area contributed by atoms with Crippen molar-refractivity contribution in [2.45, 2.75) is 63.2 Å². The lowest BCUT2D eigenvalue weighted by Gasteiger charge is -2.32. The molecule has 1 unspecified atom stereocenters. The number of hydrogen-bond donors (Lipinski definition) is 1. The van der Waals surface area contributed by atoms with E-state index < -0.39 is 15.9 Å². The van der Waals surface area contributed by atoms with Crippen molar-refractivity contribution >= 4 is 49.1 Å². The number of sulfonamides is 1. The van der Waals surface area contributed by atoms with Gasteiger partial charge in [0, 0.05) is 36.2 Å². The fourth-order valence-corrected chi connectivity index (χ4v) is 8.20. The second-order valence-corrected chi connectivity index (χ2v) is 12.7. The number of aryl methyl sites for hydroxylation is 1. The molecule has 0 saturated carbocycles. The zero-order valence-corrected chi connectivity index (χ0v) is 23.0. The summed E-state index contributed by atoms with van der Waals surface area (Å²) >= 11 is 3.46. The molecule has 2 aromatic rings. The first-order valence-corrected chi connectivity index (χ1v) is 15.1. The Bertz CT molecular complexity index is 1310. The van der Waals surface area contributed by atoms with E-state index in [2.05, 4.69) is 27.3 Å². The van der Waals surface area contributed by atoms with E-state index in [4.69, 9.17) is 0 Å². The van der Waals surface area contributed by atoms with Gasteiger partial charge in [0.2, 0.25) is 21.8 Å². The van der Waals surface area contributed by atoms with Crippen LogP contribution >= 0.6 is 15.9 Å². The summed E-state index contributed by atoms with van der Waals surface area (Å²) in [4.78, 5) is 27.6. The Hall–Kier alpha value is -2.23. The summed E-state index contributed by atoms with van der Waals surface area (Å²) in [5, 5.41) is 3.11. The molecule has 7 nitrogen and oxygen atoms in total. The maximum Gasteiger partial charge on any atom is 0.245 e. The third kappa shape index (κ3) is 4.73. The SMILES string of the molecule is CCC(=O)N1CCc2cc(Br)cc(S(=O)(=O)N3CCCC(C(=O)Nc4cccc5c4CCCC5)C3)c21. The Morgan fingerprint density at radius 2 is 1.86 bits per heavy atom. The number of halogens is 1. The van der Waals surface area contributed by atoms with Crippen molar-refractivity contribution in [1.29, 1.82) is 0 Å². The minimum Gasteiger partial charge on any atom is -0.326 e. The van der Waals surface area contributed by atoms with Gasteiger partial charge in [0.05, 0.1) is 11.6 Å². The number of amides is 2. The number of rotatable bonds is 5. The molecule has 0 spiro atoms. The highest BCUT2D eigenvalue weighted by molar-refractivity contribution is 9.10. The first-order valence-electron chi connectivity index (χ1n) is 12.8. The predicted octanol–water partition coefficient (Wildman–Crippen LogP) is 4.67. The molecule has 5 rings (SSSR count). The van der Waals surface area contributed by atoms with E-state index in [0.29, 0.717) is 48.9 Å². The van der Waals surface area contributed by atoms with E-state index in [0.717, 1.165) is 30.5 Å². The molecule has 2 aromatic carbocycles. The number of piperidine rings is 1. The molecular formula is C27H32BrN3O4S. The molecular weight excluding hydrogens is 542 g/mol. The van der Waals surface area contributed by atoms with Crippen molar-refractivity contribution in [3.63, 3.8) is 0 Å². The molecule has 0 aromatic heterocycles. The summed E-state index contributed by atoms with van der Waals surface area (Å²) in [7, 11) is -3.91. The summed E-state index contributed by atoms with van der Waals surface area (Å²) < 4.78 is 29.9. The smallest absolute Gasteiger partial charge is 0.245 e. The highest BCUT2D eigenvalue weighted by Crippen LogP contribution is 2.40. The summed E-state index contributed by atoms with van der Waals surface area (Å²) in [6.45, 7) is 2.75. The molecule has 9 heteroatoms. The van der Waals surface area contributed by atoms with Crippen LogP contribution in [0, 0.1) is 5.92 Å². The molecule has 36 heavy (non-hydrogen) atoms. The highest BCUT2D eigenvalue weighted by atomic mass is 79.9. The van der Waals surface area contributed by atoms with Crippen molar-refractivity contribution < 1.29 is 18.0 Å². The maximum absolute atomic E-state index is 13.9. The molecule has 0 bridgehead atoms. The summed E-state index contributed by atoms with van der Waals surface area (Å²) in [5.41, 5.74) is 4.71. The number of carbonyl (C=O) groups is 2. The Balaban J connectivity index is 1.39. The van der Waals surface area contributed by atoms with Gasteiger partial charge >= 0.3 is 0 Å². The Morgan fingerprint density at radius 3 is 2.67 bits per heavy atom. The van der Waals surface area contributed by atoms with Gasteiger partial charge in [-0.2, -0.15) is 4.31 Å². The predicted molar refractivity (Wildman–Crippen MR) is 144 cm³/mol. The Kier molecular flexibility index (Phi) is 7.25. The van der Waals surface area contributed by atoms with Gasteiger partial charge in [0.15, 0.2) is 0 Å². The van der Waals surface area contributed by atoms with Crippen molar-refractivity contribution in [2.24, 2.45) is 5.92 Å². The zero-order chi connectivity index (χ0) is 25.4. The monoisotopic (exact) mass is 573 g/mol. The maximum atomic E-state index is 13.9. The van der Waals surface area contributed by atoms with Crippen molar-refractivity contribution in [3.8, 4) is 0 Å². The van der Waals surface area contributed by atoms with E-state index >= 15 is 0 Å².